The first kappa shape index (κ1) is 49.0. The van der Waals surface area contributed by atoms with Crippen molar-refractivity contribution >= 4 is 17.0 Å². The summed E-state index contributed by atoms with van der Waals surface area (Å²) in [6.45, 7) is 26.7. The van der Waals surface area contributed by atoms with Gasteiger partial charge in [-0.1, -0.05) is 139 Å². The molecule has 0 amide bonds. The Labute approximate surface area is 349 Å². The first-order chi connectivity index (χ1) is 23.4. The van der Waals surface area contributed by atoms with E-state index in [0.29, 0.717) is 17.9 Å². The van der Waals surface area contributed by atoms with Crippen LogP contribution in [0.4, 0.5) is 0 Å². The Hall–Kier alpha value is -0.137. The summed E-state index contributed by atoms with van der Waals surface area (Å²) in [4.78, 5) is 0. The third-order valence-corrected chi connectivity index (χ3v) is 14.6. The second-order valence-corrected chi connectivity index (χ2v) is 24.2. The first-order valence-electron chi connectivity index (χ1n) is 20.1. The van der Waals surface area contributed by atoms with Crippen LogP contribution in [0, 0.1) is 73.5 Å². The van der Waals surface area contributed by atoms with Crippen molar-refractivity contribution in [3.63, 3.8) is 0 Å². The quantitative estimate of drug-likeness (QED) is 0.273. The fraction of sp³-hybridized carbons (Fsp3) is 0.714. The van der Waals surface area contributed by atoms with Gasteiger partial charge in [0.2, 0.25) is 0 Å². The molecule has 1 nitrogen and oxygen atoms in total. The monoisotopic (exact) mass is 844 g/mol. The molecule has 4 saturated carbocycles. The molecule has 53 heavy (non-hydrogen) atoms. The number of methoxy groups -OCH3 is 1. The minimum atomic E-state index is -0.826. The minimum absolute atomic E-state index is 0. The molecule has 0 heterocycles. The average Bonchev–Trinajstić information content (AvgIpc) is 3.54. The predicted octanol–water partition coefficient (Wildman–Crippen LogP) is 15.5. The van der Waals surface area contributed by atoms with E-state index >= 15 is 0 Å². The maximum absolute atomic E-state index is 6.57. The SMILES string of the molecule is C.COC1C(c2ccc(C(C)(C)C)cc2)C2CC(C)C(CC3C(C)CC4C(c5ccc(C(C)(C)C)cc5)CCCC34)C2CC1C(C)(C)C.[CH3-].[CH3-].[Cl][Zr+2][Cl]. The Bertz CT molecular complexity index is 1370. The van der Waals surface area contributed by atoms with Crippen LogP contribution in [0.5, 0.6) is 0 Å². The molecule has 300 valence electrons. The molecule has 4 heteroatoms. The topological polar surface area (TPSA) is 9.23 Å². The summed E-state index contributed by atoms with van der Waals surface area (Å²) < 4.78 is 6.57. The molecular weight excluding hydrogens is 767 g/mol. The molecule has 12 unspecified atom stereocenters. The molecule has 0 spiro atoms. The Morgan fingerprint density at radius 2 is 1.09 bits per heavy atom. The molecule has 4 aliphatic rings. The number of fused-ring (bicyclic) bond motifs is 2. The van der Waals surface area contributed by atoms with E-state index < -0.39 is 20.8 Å². The number of halogens is 2. The van der Waals surface area contributed by atoms with Gasteiger partial charge in [0.15, 0.2) is 0 Å². The molecular formula is C49H80Cl2OZr. The van der Waals surface area contributed by atoms with Gasteiger partial charge in [-0.05, 0) is 136 Å². The molecule has 0 saturated heterocycles. The van der Waals surface area contributed by atoms with E-state index in [-0.39, 0.29) is 38.5 Å². The average molecular weight is 847 g/mol. The number of hydrogen-bond donors (Lipinski definition) is 0. The molecule has 12 atom stereocenters. The van der Waals surface area contributed by atoms with Crippen molar-refractivity contribution in [2.75, 3.05) is 7.11 Å². The Morgan fingerprint density at radius 3 is 1.55 bits per heavy atom. The van der Waals surface area contributed by atoms with E-state index in [0.717, 1.165) is 53.3 Å². The predicted molar refractivity (Wildman–Crippen MR) is 232 cm³/mol. The van der Waals surface area contributed by atoms with Crippen LogP contribution in [0.1, 0.15) is 163 Å². The van der Waals surface area contributed by atoms with E-state index in [1.807, 2.05) is 7.11 Å². The van der Waals surface area contributed by atoms with Crippen LogP contribution >= 0.6 is 17.0 Å². The van der Waals surface area contributed by atoms with Crippen molar-refractivity contribution in [3.05, 3.63) is 85.6 Å². The second kappa shape index (κ2) is 19.5. The maximum atomic E-state index is 6.57. The molecule has 0 aromatic heterocycles. The fourth-order valence-electron chi connectivity index (χ4n) is 12.0. The number of ether oxygens (including phenoxy) is 1. The van der Waals surface area contributed by atoms with Gasteiger partial charge in [-0.25, -0.2) is 0 Å². The Kier molecular flexibility index (Phi) is 18.1. The van der Waals surface area contributed by atoms with E-state index in [1.54, 1.807) is 5.56 Å². The second-order valence-electron chi connectivity index (χ2n) is 20.4. The molecule has 4 aliphatic carbocycles. The molecule has 4 fully saturated rings. The van der Waals surface area contributed by atoms with Crippen molar-refractivity contribution in [1.29, 1.82) is 0 Å². The standard InChI is InChI=1S/C46H70O.CH4.2CH3.2ClH.Zr/c1-28-24-38-34(30-16-20-32(21-17-30)44(3,4)5)14-13-15-35(38)36(28)26-37-29(2)25-40-39(37)27-41(46(9,10)11)43(47-12)42(40)31-18-22-33(23-19-31)45(6,7)8;;;;;;/h16-23,28-29,34-43H,13-15,24-27H2,1-12H3;1H4;2*1H3;2*1H;/q;;2*-1;;;+4/p-2. The Balaban J connectivity index is 0.00000157. The van der Waals surface area contributed by atoms with E-state index in [9.17, 15) is 0 Å². The van der Waals surface area contributed by atoms with Crippen LogP contribution in [-0.4, -0.2) is 13.2 Å². The van der Waals surface area contributed by atoms with Crippen LogP contribution in [0.3, 0.4) is 0 Å². The third-order valence-electron chi connectivity index (χ3n) is 14.6. The van der Waals surface area contributed by atoms with Crippen LogP contribution in [0.25, 0.3) is 0 Å². The summed E-state index contributed by atoms with van der Waals surface area (Å²) in [5.41, 5.74) is 6.70. The number of rotatable bonds is 5. The van der Waals surface area contributed by atoms with Gasteiger partial charge in [-0.15, -0.1) is 0 Å². The summed E-state index contributed by atoms with van der Waals surface area (Å²) in [5, 5.41) is 0. The van der Waals surface area contributed by atoms with Crippen molar-refractivity contribution < 1.29 is 25.6 Å². The zero-order valence-corrected chi connectivity index (χ0v) is 39.6. The number of hydrogen-bond acceptors (Lipinski definition) is 1. The van der Waals surface area contributed by atoms with Gasteiger partial charge in [0.1, 0.15) is 0 Å². The molecule has 0 radical (unpaired) electrons. The third kappa shape index (κ3) is 10.7. The van der Waals surface area contributed by atoms with Crippen molar-refractivity contribution in [1.82, 2.24) is 0 Å². The molecule has 0 bridgehead atoms. The molecule has 2 aromatic carbocycles. The van der Waals surface area contributed by atoms with Crippen LogP contribution in [-0.2, 0) is 36.4 Å². The van der Waals surface area contributed by atoms with Gasteiger partial charge in [0.05, 0.1) is 6.10 Å². The summed E-state index contributed by atoms with van der Waals surface area (Å²) in [5.74, 6) is 8.53. The van der Waals surface area contributed by atoms with Gasteiger partial charge in [0.25, 0.3) is 0 Å². The molecule has 6 rings (SSSR count). The normalized spacial score (nSPS) is 33.8. The van der Waals surface area contributed by atoms with Crippen LogP contribution in [0.15, 0.2) is 48.5 Å². The summed E-state index contributed by atoms with van der Waals surface area (Å²) in [6.07, 6.45) is 10.2. The zero-order valence-electron chi connectivity index (χ0n) is 35.7. The van der Waals surface area contributed by atoms with Gasteiger partial charge in [-0.2, -0.15) is 0 Å². The van der Waals surface area contributed by atoms with E-state index in [1.165, 1.54) is 61.6 Å². The fourth-order valence-corrected chi connectivity index (χ4v) is 12.0. The Morgan fingerprint density at radius 1 is 0.642 bits per heavy atom. The molecule has 2 aromatic rings. The van der Waals surface area contributed by atoms with E-state index in [4.69, 9.17) is 21.8 Å². The summed E-state index contributed by atoms with van der Waals surface area (Å²) in [6, 6.07) is 19.7. The van der Waals surface area contributed by atoms with Crippen molar-refractivity contribution in [2.45, 2.75) is 157 Å². The van der Waals surface area contributed by atoms with E-state index in [2.05, 4.69) is 125 Å². The van der Waals surface area contributed by atoms with Gasteiger partial charge in [0, 0.05) is 13.0 Å². The zero-order chi connectivity index (χ0) is 36.8. The molecule has 0 N–H and O–H groups in total. The summed E-state index contributed by atoms with van der Waals surface area (Å²) >= 11 is -0.826. The van der Waals surface area contributed by atoms with Crippen LogP contribution < -0.4 is 0 Å². The molecule has 0 aliphatic heterocycles. The van der Waals surface area contributed by atoms with Gasteiger partial charge < -0.3 is 19.6 Å². The van der Waals surface area contributed by atoms with Crippen LogP contribution in [0.2, 0.25) is 0 Å². The van der Waals surface area contributed by atoms with Crippen molar-refractivity contribution in [2.24, 2.45) is 58.7 Å². The first-order valence-corrected chi connectivity index (χ1v) is 26.4. The summed E-state index contributed by atoms with van der Waals surface area (Å²) in [7, 11) is 11.9. The van der Waals surface area contributed by atoms with Crippen molar-refractivity contribution in [3.8, 4) is 0 Å². The van der Waals surface area contributed by atoms with Gasteiger partial charge in [-0.3, -0.25) is 0 Å². The van der Waals surface area contributed by atoms with Gasteiger partial charge >= 0.3 is 37.9 Å². The number of benzene rings is 2.